The van der Waals surface area contributed by atoms with Crippen LogP contribution in [0.5, 0.6) is 0 Å². The fourth-order valence-corrected chi connectivity index (χ4v) is 8.13. The highest BCUT2D eigenvalue weighted by Gasteiger charge is 2.07. The Kier molecular flexibility index (Phi) is 40.6. The van der Waals surface area contributed by atoms with Gasteiger partial charge in [0.15, 0.2) is 12.6 Å². The van der Waals surface area contributed by atoms with E-state index in [1.807, 2.05) is 21.6 Å². The summed E-state index contributed by atoms with van der Waals surface area (Å²) < 4.78 is 11.3. The molecule has 290 valence electrons. The molecule has 0 radical (unpaired) electrons. The van der Waals surface area contributed by atoms with Gasteiger partial charge in [0.05, 0.1) is 13.2 Å². The molecule has 0 aliphatic rings. The second-order valence-electron chi connectivity index (χ2n) is 14.3. The third kappa shape index (κ3) is 39.2. The van der Waals surface area contributed by atoms with Crippen molar-refractivity contribution in [1.82, 2.24) is 9.80 Å². The Morgan fingerprint density at radius 1 is 0.417 bits per heavy atom. The largest absolute Gasteiger partial charge is 0.368 e. The lowest BCUT2D eigenvalue weighted by Gasteiger charge is -2.18. The molecule has 0 saturated heterocycles. The van der Waals surface area contributed by atoms with Crippen molar-refractivity contribution in [2.24, 2.45) is 0 Å². The molecule has 0 aromatic rings. The van der Waals surface area contributed by atoms with Gasteiger partial charge in [-0.25, -0.2) is 0 Å². The Bertz CT molecular complexity index is 558. The van der Waals surface area contributed by atoms with Crippen molar-refractivity contribution in [1.29, 1.82) is 0 Å². The maximum Gasteiger partial charge on any atom is 0.154 e. The lowest BCUT2D eigenvalue weighted by Crippen LogP contribution is -2.25. The van der Waals surface area contributed by atoms with E-state index in [0.29, 0.717) is 13.2 Å². The topological polar surface area (TPSA) is 65.4 Å². The fourth-order valence-electron chi connectivity index (χ4n) is 5.97. The van der Waals surface area contributed by atoms with Crippen molar-refractivity contribution in [2.45, 2.75) is 193 Å². The SMILES string of the molecule is CCCCCCCCCCCCCC(O)OCCCN(C)CCSSCCN(C)CCCOC(O)CCCCCCCCCCCCC. The first-order chi connectivity index (χ1) is 23.5. The summed E-state index contributed by atoms with van der Waals surface area (Å²) in [5.41, 5.74) is 0. The highest BCUT2D eigenvalue weighted by Crippen LogP contribution is 2.21. The van der Waals surface area contributed by atoms with Gasteiger partial charge in [-0.1, -0.05) is 164 Å². The minimum atomic E-state index is -0.595. The third-order valence-electron chi connectivity index (χ3n) is 9.29. The van der Waals surface area contributed by atoms with E-state index in [9.17, 15) is 10.2 Å². The average molecular weight is 721 g/mol. The number of rotatable bonds is 41. The Labute approximate surface area is 308 Å². The summed E-state index contributed by atoms with van der Waals surface area (Å²) in [6, 6.07) is 0. The molecule has 0 aromatic carbocycles. The fraction of sp³-hybridized carbons (Fsp3) is 1.00. The first kappa shape index (κ1) is 48.5. The number of hydrogen-bond donors (Lipinski definition) is 2. The normalized spacial score (nSPS) is 13.2. The van der Waals surface area contributed by atoms with Gasteiger partial charge in [0.25, 0.3) is 0 Å². The second-order valence-corrected chi connectivity index (χ2v) is 17.0. The van der Waals surface area contributed by atoms with Crippen LogP contribution in [0.1, 0.15) is 181 Å². The minimum absolute atomic E-state index is 0.595. The van der Waals surface area contributed by atoms with E-state index in [2.05, 4.69) is 37.7 Å². The Balaban J connectivity index is 3.40. The van der Waals surface area contributed by atoms with Crippen molar-refractivity contribution in [3.05, 3.63) is 0 Å². The lowest BCUT2D eigenvalue weighted by molar-refractivity contribution is -0.105. The van der Waals surface area contributed by atoms with Crippen LogP contribution in [0.2, 0.25) is 0 Å². The predicted molar refractivity (Wildman–Crippen MR) is 215 cm³/mol. The van der Waals surface area contributed by atoms with E-state index >= 15 is 0 Å². The third-order valence-corrected chi connectivity index (χ3v) is 11.7. The smallest absolute Gasteiger partial charge is 0.154 e. The van der Waals surface area contributed by atoms with Crippen LogP contribution >= 0.6 is 21.6 Å². The van der Waals surface area contributed by atoms with Crippen LogP contribution in [-0.2, 0) is 9.47 Å². The summed E-state index contributed by atoms with van der Waals surface area (Å²) in [4.78, 5) is 4.73. The number of ether oxygens (including phenoxy) is 2. The Morgan fingerprint density at radius 2 is 0.708 bits per heavy atom. The Hall–Kier alpha value is 0.460. The van der Waals surface area contributed by atoms with Gasteiger partial charge in [0.2, 0.25) is 0 Å². The second kappa shape index (κ2) is 40.2. The molecule has 0 saturated carbocycles. The molecule has 0 rings (SSSR count). The van der Waals surface area contributed by atoms with Crippen molar-refractivity contribution in [2.75, 3.05) is 65.0 Å². The van der Waals surface area contributed by atoms with E-state index in [1.165, 1.54) is 128 Å². The zero-order chi connectivity index (χ0) is 35.2. The zero-order valence-corrected chi connectivity index (χ0v) is 34.3. The van der Waals surface area contributed by atoms with Crippen LogP contribution in [0.25, 0.3) is 0 Å². The molecule has 0 spiro atoms. The van der Waals surface area contributed by atoms with Gasteiger partial charge in [0.1, 0.15) is 0 Å². The zero-order valence-electron chi connectivity index (χ0n) is 32.6. The molecule has 0 bridgehead atoms. The van der Waals surface area contributed by atoms with Crippen LogP contribution in [0.3, 0.4) is 0 Å². The molecule has 2 N–H and O–H groups in total. The van der Waals surface area contributed by atoms with Crippen molar-refractivity contribution in [3.8, 4) is 0 Å². The summed E-state index contributed by atoms with van der Waals surface area (Å²) >= 11 is 0. The minimum Gasteiger partial charge on any atom is -0.368 e. The number of aliphatic hydroxyl groups is 2. The summed E-state index contributed by atoms with van der Waals surface area (Å²) in [5, 5.41) is 20.2. The van der Waals surface area contributed by atoms with Crippen molar-refractivity contribution < 1.29 is 19.7 Å². The lowest BCUT2D eigenvalue weighted by atomic mass is 10.1. The molecule has 0 fully saturated rings. The number of aliphatic hydroxyl groups excluding tert-OH is 2. The number of nitrogens with zero attached hydrogens (tertiary/aromatic N) is 2. The molecule has 2 atom stereocenters. The molecule has 0 aromatic heterocycles. The van der Waals surface area contributed by atoms with Crippen LogP contribution < -0.4 is 0 Å². The molecule has 8 heteroatoms. The summed E-state index contributed by atoms with van der Waals surface area (Å²) in [5.74, 6) is 2.25. The molecule has 6 nitrogen and oxygen atoms in total. The molecule has 0 heterocycles. The van der Waals surface area contributed by atoms with Gasteiger partial charge in [-0.05, 0) is 52.6 Å². The van der Waals surface area contributed by atoms with E-state index in [4.69, 9.17) is 9.47 Å². The quantitative estimate of drug-likeness (QED) is 0.0368. The molecular formula is C40H84N2O4S2. The summed E-state index contributed by atoms with van der Waals surface area (Å²) in [6.45, 7) is 10.0. The van der Waals surface area contributed by atoms with Gasteiger partial charge in [-0.3, -0.25) is 0 Å². The molecule has 2 unspecified atom stereocenters. The van der Waals surface area contributed by atoms with Gasteiger partial charge >= 0.3 is 0 Å². The monoisotopic (exact) mass is 721 g/mol. The first-order valence-electron chi connectivity index (χ1n) is 20.7. The van der Waals surface area contributed by atoms with E-state index in [-0.39, 0.29) is 0 Å². The van der Waals surface area contributed by atoms with Crippen molar-refractivity contribution in [3.63, 3.8) is 0 Å². The average Bonchev–Trinajstić information content (AvgIpc) is 3.08. The molecule has 0 aliphatic carbocycles. The summed E-state index contributed by atoms with van der Waals surface area (Å²) in [7, 11) is 8.27. The molecular weight excluding hydrogens is 637 g/mol. The van der Waals surface area contributed by atoms with E-state index in [0.717, 1.165) is 76.2 Å². The maximum absolute atomic E-state index is 10.1. The first-order valence-corrected chi connectivity index (χ1v) is 23.2. The number of hydrogen-bond acceptors (Lipinski definition) is 8. The Morgan fingerprint density at radius 3 is 1.02 bits per heavy atom. The van der Waals surface area contributed by atoms with Crippen LogP contribution in [-0.4, -0.2) is 97.6 Å². The van der Waals surface area contributed by atoms with Gasteiger partial charge < -0.3 is 29.5 Å². The number of unbranched alkanes of at least 4 members (excludes halogenated alkanes) is 20. The molecule has 0 amide bonds. The van der Waals surface area contributed by atoms with Gasteiger partial charge in [-0.2, -0.15) is 0 Å². The predicted octanol–water partition coefficient (Wildman–Crippen LogP) is 11.1. The molecule has 48 heavy (non-hydrogen) atoms. The highest BCUT2D eigenvalue weighted by atomic mass is 33.1. The van der Waals surface area contributed by atoms with Gasteiger partial charge in [0, 0.05) is 37.7 Å². The highest BCUT2D eigenvalue weighted by molar-refractivity contribution is 8.76. The summed E-state index contributed by atoms with van der Waals surface area (Å²) in [6.07, 6.45) is 31.5. The van der Waals surface area contributed by atoms with E-state index < -0.39 is 12.6 Å². The molecule has 0 aliphatic heterocycles. The van der Waals surface area contributed by atoms with E-state index in [1.54, 1.807) is 0 Å². The van der Waals surface area contributed by atoms with Gasteiger partial charge in [-0.15, -0.1) is 0 Å². The maximum atomic E-state index is 10.1. The standard InChI is InChI=1S/C40H84N2O4S2/c1-5-7-9-11-13-15-17-19-21-23-25-29-39(43)45-35-27-31-41(3)33-37-47-48-38-34-42(4)32-28-36-46-40(44)30-26-24-22-20-18-16-14-12-10-8-6-2/h39-40,43-44H,5-38H2,1-4H3. The van der Waals surface area contributed by atoms with Crippen LogP contribution in [0, 0.1) is 0 Å². The van der Waals surface area contributed by atoms with Crippen molar-refractivity contribution >= 4 is 21.6 Å². The van der Waals surface area contributed by atoms with Crippen LogP contribution in [0.15, 0.2) is 0 Å². The van der Waals surface area contributed by atoms with Crippen LogP contribution in [0.4, 0.5) is 0 Å².